The fraction of sp³-hybridized carbons (Fsp3) is 0.259. The van der Waals surface area contributed by atoms with Gasteiger partial charge >= 0.3 is 6.18 Å². The molecular weight excluding hydrogens is 559 g/mol. The Labute approximate surface area is 240 Å². The van der Waals surface area contributed by atoms with Crippen molar-refractivity contribution in [2.45, 2.75) is 12.6 Å². The fourth-order valence-corrected chi connectivity index (χ4v) is 4.36. The lowest BCUT2D eigenvalue weighted by atomic mass is 10.1. The molecule has 1 saturated heterocycles. The van der Waals surface area contributed by atoms with Gasteiger partial charge in [0.1, 0.15) is 17.2 Å². The summed E-state index contributed by atoms with van der Waals surface area (Å²) in [4.78, 5) is 30.4. The van der Waals surface area contributed by atoms with Crippen molar-refractivity contribution < 1.29 is 18.0 Å². The van der Waals surface area contributed by atoms with E-state index < -0.39 is 17.6 Å². The van der Waals surface area contributed by atoms with Gasteiger partial charge in [0, 0.05) is 37.1 Å². The van der Waals surface area contributed by atoms with Crippen LogP contribution in [0.3, 0.4) is 0 Å². The summed E-state index contributed by atoms with van der Waals surface area (Å²) in [5, 5.41) is 5.65. The van der Waals surface area contributed by atoms with Crippen LogP contribution in [0.15, 0.2) is 81.7 Å². The number of alkyl halides is 3. The van der Waals surface area contributed by atoms with Gasteiger partial charge in [-0.1, -0.05) is 24.2 Å². The van der Waals surface area contributed by atoms with Crippen LogP contribution in [0.5, 0.6) is 0 Å². The highest BCUT2D eigenvalue weighted by molar-refractivity contribution is 6.49. The molecule has 2 aliphatic rings. The molecule has 4 rings (SSSR count). The number of halogens is 4. The molecule has 0 aliphatic carbocycles. The molecule has 1 amide bonds. The number of hydrogen-bond acceptors (Lipinski definition) is 9. The fourth-order valence-electron chi connectivity index (χ4n) is 4.20. The second kappa shape index (κ2) is 12.4. The van der Waals surface area contributed by atoms with Crippen LogP contribution in [0.25, 0.3) is 0 Å². The number of nitrogens with one attached hydrogen (secondary N) is 2. The average Bonchev–Trinajstić information content (AvgIpc) is 3.15. The smallest absolute Gasteiger partial charge is 0.383 e. The number of nitrogens with two attached hydrogens (primary N) is 2. The topological polar surface area (TPSA) is 137 Å². The summed E-state index contributed by atoms with van der Waals surface area (Å²) in [5.41, 5.74) is 12.6. The van der Waals surface area contributed by atoms with Crippen molar-refractivity contribution in [2.24, 2.45) is 26.4 Å². The van der Waals surface area contributed by atoms with Crippen LogP contribution >= 0.6 is 11.6 Å². The van der Waals surface area contributed by atoms with Crippen LogP contribution in [0.2, 0.25) is 5.02 Å². The van der Waals surface area contributed by atoms with E-state index in [9.17, 15) is 18.0 Å². The van der Waals surface area contributed by atoms with Crippen molar-refractivity contribution in [3.05, 3.63) is 82.9 Å². The molecule has 14 heteroatoms. The van der Waals surface area contributed by atoms with Gasteiger partial charge < -0.3 is 31.9 Å². The summed E-state index contributed by atoms with van der Waals surface area (Å²) in [7, 11) is 2.05. The van der Waals surface area contributed by atoms with E-state index in [1.807, 2.05) is 11.9 Å². The second-order valence-electron chi connectivity index (χ2n) is 9.33. The first kappa shape index (κ1) is 29.6. The SMILES string of the molecule is C=C/N=C1/C(N)=NC(N2CCCN(C)CC2)=N/C1=C(/N)Nc1cc(C(=O)Nc2cccc(C(F)(F)F)c2)ccc1Cl. The summed E-state index contributed by atoms with van der Waals surface area (Å²) in [6.07, 6.45) is -2.34. The van der Waals surface area contributed by atoms with Gasteiger partial charge in [0.15, 0.2) is 5.84 Å². The number of anilines is 2. The molecule has 1 fully saturated rings. The molecule has 2 aliphatic heterocycles. The summed E-state index contributed by atoms with van der Waals surface area (Å²) in [6, 6.07) is 8.64. The van der Waals surface area contributed by atoms with Crippen molar-refractivity contribution in [3.8, 4) is 0 Å². The van der Waals surface area contributed by atoms with Crippen LogP contribution in [0.4, 0.5) is 24.5 Å². The van der Waals surface area contributed by atoms with Crippen molar-refractivity contribution in [2.75, 3.05) is 43.9 Å². The summed E-state index contributed by atoms with van der Waals surface area (Å²) in [6.45, 7) is 6.79. The van der Waals surface area contributed by atoms with Gasteiger partial charge in [0.25, 0.3) is 5.91 Å². The number of aliphatic imine (C=N–C) groups is 3. The molecule has 0 spiro atoms. The minimum Gasteiger partial charge on any atom is -0.383 e. The third-order valence-corrected chi connectivity index (χ3v) is 6.65. The molecule has 0 unspecified atom stereocenters. The Balaban J connectivity index is 1.62. The quantitative estimate of drug-likeness (QED) is 0.416. The summed E-state index contributed by atoms with van der Waals surface area (Å²) >= 11 is 6.38. The lowest BCUT2D eigenvalue weighted by Gasteiger charge is -2.25. The number of amidine groups is 1. The Morgan fingerprint density at radius 3 is 2.63 bits per heavy atom. The molecule has 0 radical (unpaired) electrons. The number of benzene rings is 2. The monoisotopic (exact) mass is 587 g/mol. The predicted octanol–water partition coefficient (Wildman–Crippen LogP) is 4.10. The maximum absolute atomic E-state index is 13.1. The number of nitrogens with zero attached hydrogens (tertiary/aromatic N) is 5. The van der Waals surface area contributed by atoms with E-state index in [1.165, 1.54) is 36.5 Å². The molecule has 2 heterocycles. The first-order chi connectivity index (χ1) is 19.5. The number of hydrogen-bond donors (Lipinski definition) is 4. The lowest BCUT2D eigenvalue weighted by Crippen LogP contribution is -2.40. The van der Waals surface area contributed by atoms with Gasteiger partial charge in [-0.2, -0.15) is 18.2 Å². The van der Waals surface area contributed by atoms with Gasteiger partial charge in [0.2, 0.25) is 5.96 Å². The first-order valence-corrected chi connectivity index (χ1v) is 12.9. The minimum atomic E-state index is -4.55. The lowest BCUT2D eigenvalue weighted by molar-refractivity contribution is -0.137. The van der Waals surface area contributed by atoms with Gasteiger partial charge in [-0.3, -0.25) is 9.79 Å². The highest BCUT2D eigenvalue weighted by Crippen LogP contribution is 2.31. The number of carbonyl (C=O) groups excluding carboxylic acids is 1. The largest absolute Gasteiger partial charge is 0.416 e. The molecule has 2 aromatic rings. The van der Waals surface area contributed by atoms with Crippen molar-refractivity contribution in [1.29, 1.82) is 0 Å². The Bertz CT molecular complexity index is 1470. The van der Waals surface area contributed by atoms with Crippen molar-refractivity contribution in [1.82, 2.24) is 9.80 Å². The molecule has 41 heavy (non-hydrogen) atoms. The second-order valence-corrected chi connectivity index (χ2v) is 9.73. The van der Waals surface area contributed by atoms with E-state index in [-0.39, 0.29) is 45.0 Å². The van der Waals surface area contributed by atoms with E-state index in [0.717, 1.165) is 38.2 Å². The molecular formula is C27H29ClF3N9O. The Kier molecular flexibility index (Phi) is 8.98. The third-order valence-electron chi connectivity index (χ3n) is 6.32. The summed E-state index contributed by atoms with van der Waals surface area (Å²) < 4.78 is 39.2. The van der Waals surface area contributed by atoms with E-state index in [4.69, 9.17) is 23.1 Å². The standard InChI is InChI=1S/C27H29ClF3N9O/c1-3-34-21-22(37-26(38-23(21)32)40-11-5-10-39(2)12-13-40)24(33)36-20-14-16(8-9-19(20)28)25(41)35-18-7-4-6-17(15-18)27(29,30)31/h3-4,6-9,14-15,36H,1,5,10-13,33H2,2H3,(H,35,41)(H2,32,37,38)/b24-22-,34-21+. The van der Waals surface area contributed by atoms with Crippen LogP contribution in [0.1, 0.15) is 22.3 Å². The van der Waals surface area contributed by atoms with E-state index in [2.05, 4.69) is 37.1 Å². The normalized spacial score (nSPS) is 18.8. The Morgan fingerprint density at radius 2 is 1.90 bits per heavy atom. The molecule has 0 atom stereocenters. The molecule has 2 aromatic carbocycles. The molecule has 0 saturated carbocycles. The van der Waals surface area contributed by atoms with Crippen LogP contribution < -0.4 is 22.1 Å². The molecule has 6 N–H and O–H groups in total. The van der Waals surface area contributed by atoms with Crippen LogP contribution in [-0.4, -0.2) is 66.4 Å². The maximum atomic E-state index is 13.1. The minimum absolute atomic E-state index is 0.0141. The zero-order chi connectivity index (χ0) is 29.7. The zero-order valence-electron chi connectivity index (χ0n) is 22.2. The van der Waals surface area contributed by atoms with E-state index >= 15 is 0 Å². The van der Waals surface area contributed by atoms with Crippen LogP contribution in [-0.2, 0) is 6.18 Å². The third kappa shape index (κ3) is 7.24. The van der Waals surface area contributed by atoms with Gasteiger partial charge in [-0.05, 0) is 56.4 Å². The zero-order valence-corrected chi connectivity index (χ0v) is 22.9. The number of rotatable bonds is 5. The van der Waals surface area contributed by atoms with Gasteiger partial charge in [0.05, 0.1) is 16.3 Å². The number of likely N-dealkylation sites (N-methyl/N-ethyl adjacent to an activating group) is 1. The highest BCUT2D eigenvalue weighted by atomic mass is 35.5. The molecule has 10 nitrogen and oxygen atoms in total. The number of guanidine groups is 1. The molecule has 0 aromatic heterocycles. The molecule has 0 bridgehead atoms. The number of amides is 1. The van der Waals surface area contributed by atoms with Gasteiger partial charge in [-0.25, -0.2) is 4.99 Å². The predicted molar refractivity (Wildman–Crippen MR) is 156 cm³/mol. The van der Waals surface area contributed by atoms with Crippen molar-refractivity contribution >= 4 is 46.4 Å². The number of carbonyl (C=O) groups is 1. The Hall–Kier alpha value is -4.36. The van der Waals surface area contributed by atoms with Crippen molar-refractivity contribution in [3.63, 3.8) is 0 Å². The highest BCUT2D eigenvalue weighted by Gasteiger charge is 2.30. The Morgan fingerprint density at radius 1 is 1.12 bits per heavy atom. The first-order valence-electron chi connectivity index (χ1n) is 12.6. The van der Waals surface area contributed by atoms with Gasteiger partial charge in [-0.15, -0.1) is 0 Å². The van der Waals surface area contributed by atoms with E-state index in [0.29, 0.717) is 12.5 Å². The maximum Gasteiger partial charge on any atom is 0.416 e. The average molecular weight is 588 g/mol. The summed E-state index contributed by atoms with van der Waals surface area (Å²) in [5.74, 6) is -0.122. The molecule has 216 valence electrons. The van der Waals surface area contributed by atoms with Crippen LogP contribution in [0, 0.1) is 0 Å². The van der Waals surface area contributed by atoms with E-state index in [1.54, 1.807) is 0 Å².